The molecule has 1 fully saturated rings. The lowest BCUT2D eigenvalue weighted by atomic mass is 10.1. The molecule has 0 spiro atoms. The molecule has 1 unspecified atom stereocenters. The van der Waals surface area contributed by atoms with Gasteiger partial charge in [-0.15, -0.1) is 0 Å². The fraction of sp³-hybridized carbons (Fsp3) is 0.471. The highest BCUT2D eigenvalue weighted by molar-refractivity contribution is 5.43. The molecule has 1 saturated heterocycles. The molecule has 5 nitrogen and oxygen atoms in total. The molecular formula is C17H23N5. The topological polar surface area (TPSA) is 45.2 Å². The van der Waals surface area contributed by atoms with E-state index in [1.165, 1.54) is 5.56 Å². The van der Waals surface area contributed by atoms with Crippen LogP contribution in [0.15, 0.2) is 30.7 Å². The Hall–Kier alpha value is -2.01. The van der Waals surface area contributed by atoms with Crippen LogP contribution in [0.5, 0.6) is 0 Å². The van der Waals surface area contributed by atoms with Crippen molar-refractivity contribution in [2.75, 3.05) is 31.1 Å². The van der Waals surface area contributed by atoms with E-state index in [0.717, 1.165) is 43.4 Å². The minimum absolute atomic E-state index is 0.403. The average molecular weight is 297 g/mol. The predicted octanol–water partition coefficient (Wildman–Crippen LogP) is 2.37. The summed E-state index contributed by atoms with van der Waals surface area (Å²) in [6.45, 7) is 10.3. The summed E-state index contributed by atoms with van der Waals surface area (Å²) in [5.41, 5.74) is 3.27. The number of rotatable bonds is 3. The van der Waals surface area contributed by atoms with Crippen molar-refractivity contribution in [3.8, 4) is 0 Å². The Morgan fingerprint density at radius 1 is 1.09 bits per heavy atom. The maximum absolute atomic E-state index is 4.66. The Balaban J connectivity index is 1.66. The van der Waals surface area contributed by atoms with E-state index in [-0.39, 0.29) is 0 Å². The van der Waals surface area contributed by atoms with Crippen molar-refractivity contribution >= 4 is 5.82 Å². The van der Waals surface area contributed by atoms with E-state index in [9.17, 15) is 0 Å². The van der Waals surface area contributed by atoms with Crippen LogP contribution in [0, 0.1) is 13.8 Å². The monoisotopic (exact) mass is 297 g/mol. The van der Waals surface area contributed by atoms with E-state index >= 15 is 0 Å². The second-order valence-electron chi connectivity index (χ2n) is 5.91. The van der Waals surface area contributed by atoms with Gasteiger partial charge in [0.2, 0.25) is 0 Å². The van der Waals surface area contributed by atoms with Crippen molar-refractivity contribution in [2.45, 2.75) is 26.8 Å². The molecular weight excluding hydrogens is 274 g/mol. The van der Waals surface area contributed by atoms with Gasteiger partial charge in [-0.3, -0.25) is 14.9 Å². The number of aromatic nitrogens is 3. The Morgan fingerprint density at radius 2 is 1.86 bits per heavy atom. The molecule has 0 saturated carbocycles. The summed E-state index contributed by atoms with van der Waals surface area (Å²) < 4.78 is 0. The third kappa shape index (κ3) is 3.09. The molecule has 0 N–H and O–H groups in total. The number of nitrogens with zero attached hydrogens (tertiary/aromatic N) is 5. The zero-order chi connectivity index (χ0) is 15.5. The minimum atomic E-state index is 0.403. The van der Waals surface area contributed by atoms with Crippen molar-refractivity contribution in [3.05, 3.63) is 47.7 Å². The van der Waals surface area contributed by atoms with Crippen LogP contribution < -0.4 is 4.90 Å². The van der Waals surface area contributed by atoms with E-state index in [1.54, 1.807) is 0 Å². The van der Waals surface area contributed by atoms with Crippen LogP contribution in [0.3, 0.4) is 0 Å². The van der Waals surface area contributed by atoms with Gasteiger partial charge in [0.1, 0.15) is 5.82 Å². The van der Waals surface area contributed by atoms with Crippen LogP contribution >= 0.6 is 0 Å². The molecule has 3 heterocycles. The van der Waals surface area contributed by atoms with Gasteiger partial charge in [0, 0.05) is 50.8 Å². The summed E-state index contributed by atoms with van der Waals surface area (Å²) in [7, 11) is 0. The quantitative estimate of drug-likeness (QED) is 0.870. The largest absolute Gasteiger partial charge is 0.353 e. The lowest BCUT2D eigenvalue weighted by Crippen LogP contribution is -2.47. The number of piperazine rings is 1. The summed E-state index contributed by atoms with van der Waals surface area (Å²) in [6.07, 6.45) is 5.63. The normalized spacial score (nSPS) is 17.5. The molecule has 5 heteroatoms. The van der Waals surface area contributed by atoms with Gasteiger partial charge in [-0.05, 0) is 32.4 Å². The molecule has 0 aliphatic carbocycles. The zero-order valence-corrected chi connectivity index (χ0v) is 13.5. The van der Waals surface area contributed by atoms with Crippen LogP contribution in [0.4, 0.5) is 5.82 Å². The summed E-state index contributed by atoms with van der Waals surface area (Å²) in [4.78, 5) is 18.2. The standard InChI is InChI=1S/C17H23N5/c1-13-11-19-14(2)17(20-13)22-9-7-21(8-10-22)15(3)16-5-4-6-18-12-16/h4-6,11-12,15H,7-10H2,1-3H3. The molecule has 1 atom stereocenters. The molecule has 3 rings (SSSR count). The first kappa shape index (κ1) is 14.9. The van der Waals surface area contributed by atoms with Gasteiger partial charge >= 0.3 is 0 Å². The fourth-order valence-electron chi connectivity index (χ4n) is 2.98. The van der Waals surface area contributed by atoms with Gasteiger partial charge in [0.05, 0.1) is 11.4 Å². The van der Waals surface area contributed by atoms with E-state index in [4.69, 9.17) is 0 Å². The van der Waals surface area contributed by atoms with Crippen molar-refractivity contribution in [1.29, 1.82) is 0 Å². The van der Waals surface area contributed by atoms with E-state index in [0.29, 0.717) is 6.04 Å². The van der Waals surface area contributed by atoms with Crippen LogP contribution in [-0.4, -0.2) is 46.0 Å². The molecule has 1 aliphatic heterocycles. The second-order valence-corrected chi connectivity index (χ2v) is 5.91. The molecule has 0 bridgehead atoms. The lowest BCUT2D eigenvalue weighted by molar-refractivity contribution is 0.198. The van der Waals surface area contributed by atoms with E-state index in [2.05, 4.69) is 37.7 Å². The van der Waals surface area contributed by atoms with Crippen LogP contribution in [0.25, 0.3) is 0 Å². The van der Waals surface area contributed by atoms with Crippen LogP contribution in [0.2, 0.25) is 0 Å². The smallest absolute Gasteiger partial charge is 0.150 e. The number of anilines is 1. The third-order valence-electron chi connectivity index (χ3n) is 4.38. The first-order valence-corrected chi connectivity index (χ1v) is 7.84. The summed E-state index contributed by atoms with van der Waals surface area (Å²) in [6, 6.07) is 4.56. The summed E-state index contributed by atoms with van der Waals surface area (Å²) in [5.74, 6) is 1.04. The predicted molar refractivity (Wildman–Crippen MR) is 87.9 cm³/mol. The number of pyridine rings is 1. The van der Waals surface area contributed by atoms with Gasteiger partial charge in [-0.1, -0.05) is 6.07 Å². The van der Waals surface area contributed by atoms with Crippen molar-refractivity contribution < 1.29 is 0 Å². The Morgan fingerprint density at radius 3 is 2.55 bits per heavy atom. The molecule has 22 heavy (non-hydrogen) atoms. The van der Waals surface area contributed by atoms with Crippen LogP contribution in [-0.2, 0) is 0 Å². The average Bonchev–Trinajstić information content (AvgIpc) is 2.57. The molecule has 0 aromatic carbocycles. The highest BCUT2D eigenvalue weighted by Gasteiger charge is 2.23. The van der Waals surface area contributed by atoms with Gasteiger partial charge in [0.15, 0.2) is 0 Å². The third-order valence-corrected chi connectivity index (χ3v) is 4.38. The highest BCUT2D eigenvalue weighted by atomic mass is 15.3. The van der Waals surface area contributed by atoms with E-state index in [1.807, 2.05) is 38.5 Å². The minimum Gasteiger partial charge on any atom is -0.353 e. The SMILES string of the molecule is Cc1cnc(C)c(N2CCN(C(C)c3cccnc3)CC2)n1. The lowest BCUT2D eigenvalue weighted by Gasteiger charge is -2.39. The molecule has 1 aliphatic rings. The highest BCUT2D eigenvalue weighted by Crippen LogP contribution is 2.23. The zero-order valence-electron chi connectivity index (χ0n) is 13.5. The maximum atomic E-state index is 4.66. The Bertz CT molecular complexity index is 620. The van der Waals surface area contributed by atoms with Crippen molar-refractivity contribution in [2.24, 2.45) is 0 Å². The molecule has 2 aromatic rings. The Kier molecular flexibility index (Phi) is 4.34. The number of hydrogen-bond donors (Lipinski definition) is 0. The van der Waals surface area contributed by atoms with Crippen molar-refractivity contribution in [3.63, 3.8) is 0 Å². The molecule has 0 radical (unpaired) electrons. The molecule has 0 amide bonds. The second kappa shape index (κ2) is 6.40. The first-order chi connectivity index (χ1) is 10.6. The summed E-state index contributed by atoms with van der Waals surface area (Å²) >= 11 is 0. The molecule has 116 valence electrons. The van der Waals surface area contributed by atoms with Gasteiger partial charge < -0.3 is 4.90 Å². The molecule has 2 aromatic heterocycles. The van der Waals surface area contributed by atoms with E-state index < -0.39 is 0 Å². The van der Waals surface area contributed by atoms with Gasteiger partial charge in [-0.25, -0.2) is 4.98 Å². The van der Waals surface area contributed by atoms with Gasteiger partial charge in [-0.2, -0.15) is 0 Å². The van der Waals surface area contributed by atoms with Crippen molar-refractivity contribution in [1.82, 2.24) is 19.9 Å². The fourth-order valence-corrected chi connectivity index (χ4v) is 2.98. The maximum Gasteiger partial charge on any atom is 0.150 e. The summed E-state index contributed by atoms with van der Waals surface area (Å²) in [5, 5.41) is 0. The van der Waals surface area contributed by atoms with Gasteiger partial charge in [0.25, 0.3) is 0 Å². The number of hydrogen-bond acceptors (Lipinski definition) is 5. The van der Waals surface area contributed by atoms with Crippen LogP contribution in [0.1, 0.15) is 29.9 Å². The first-order valence-electron chi connectivity index (χ1n) is 7.84. The number of aryl methyl sites for hydroxylation is 2. The Labute approximate surface area is 132 Å².